The molecule has 1 fully saturated rings. The lowest BCUT2D eigenvalue weighted by Gasteiger charge is -2.22. The fraction of sp³-hybridized carbons (Fsp3) is 0.643. The molecule has 118 valence electrons. The minimum absolute atomic E-state index is 0.213. The summed E-state index contributed by atoms with van der Waals surface area (Å²) >= 11 is 0. The molecule has 0 spiro atoms. The van der Waals surface area contributed by atoms with Crippen molar-refractivity contribution in [2.75, 3.05) is 31.6 Å². The first kappa shape index (κ1) is 16.2. The maximum Gasteiger partial charge on any atom is 0.244 e. The minimum atomic E-state index is -3.54. The number of nitrogens with zero attached hydrogens (tertiary/aromatic N) is 1. The van der Waals surface area contributed by atoms with E-state index in [1.54, 1.807) is 18.3 Å². The second kappa shape index (κ2) is 7.72. The van der Waals surface area contributed by atoms with Crippen LogP contribution in [0.1, 0.15) is 26.2 Å². The molecular formula is C14H23N3O3S. The van der Waals surface area contributed by atoms with Crippen LogP contribution in [0.5, 0.6) is 0 Å². The average Bonchev–Trinajstić information content (AvgIpc) is 2.52. The highest BCUT2D eigenvalue weighted by molar-refractivity contribution is 7.89. The molecule has 2 heterocycles. The zero-order valence-corrected chi connectivity index (χ0v) is 13.2. The van der Waals surface area contributed by atoms with E-state index in [1.807, 2.05) is 6.92 Å². The summed E-state index contributed by atoms with van der Waals surface area (Å²) in [7, 11) is -3.54. The molecule has 1 aliphatic heterocycles. The molecule has 2 N–H and O–H groups in total. The van der Waals surface area contributed by atoms with Gasteiger partial charge in [0, 0.05) is 32.5 Å². The van der Waals surface area contributed by atoms with Gasteiger partial charge in [-0.05, 0) is 37.3 Å². The van der Waals surface area contributed by atoms with Gasteiger partial charge in [0.05, 0.1) is 0 Å². The van der Waals surface area contributed by atoms with Crippen LogP contribution in [-0.4, -0.2) is 39.7 Å². The zero-order chi connectivity index (χ0) is 15.1. The van der Waals surface area contributed by atoms with Crippen molar-refractivity contribution in [2.24, 2.45) is 5.92 Å². The largest absolute Gasteiger partial charge is 0.381 e. The van der Waals surface area contributed by atoms with Gasteiger partial charge in [0.25, 0.3) is 0 Å². The molecule has 0 saturated carbocycles. The number of nitrogens with one attached hydrogen (secondary N) is 2. The molecule has 0 aliphatic carbocycles. The van der Waals surface area contributed by atoms with Crippen molar-refractivity contribution in [1.82, 2.24) is 9.71 Å². The lowest BCUT2D eigenvalue weighted by atomic mass is 10.0. The lowest BCUT2D eigenvalue weighted by Crippen LogP contribution is -2.32. The fourth-order valence-electron chi connectivity index (χ4n) is 2.24. The predicted molar refractivity (Wildman–Crippen MR) is 81.7 cm³/mol. The molecule has 1 aromatic rings. The zero-order valence-electron chi connectivity index (χ0n) is 12.3. The number of anilines is 1. The van der Waals surface area contributed by atoms with Crippen LogP contribution in [0.3, 0.4) is 0 Å². The lowest BCUT2D eigenvalue weighted by molar-refractivity contribution is 0.0678. The fourth-order valence-corrected chi connectivity index (χ4v) is 3.49. The molecule has 7 heteroatoms. The molecular weight excluding hydrogens is 290 g/mol. The Bertz CT molecular complexity index is 542. The van der Waals surface area contributed by atoms with Gasteiger partial charge in [-0.3, -0.25) is 0 Å². The Hall–Kier alpha value is -1.18. The standard InChI is InChI=1S/C14H23N3O3S/c1-2-7-15-14-13(4-3-8-16-14)21(18,19)17-11-12-5-9-20-10-6-12/h3-4,8,12,17H,2,5-7,9-11H2,1H3,(H,15,16). The van der Waals surface area contributed by atoms with Crippen LogP contribution >= 0.6 is 0 Å². The van der Waals surface area contributed by atoms with E-state index in [0.29, 0.717) is 38.0 Å². The van der Waals surface area contributed by atoms with Gasteiger partial charge in [-0.2, -0.15) is 0 Å². The number of hydrogen-bond donors (Lipinski definition) is 2. The van der Waals surface area contributed by atoms with Crippen molar-refractivity contribution >= 4 is 15.8 Å². The molecule has 2 rings (SSSR count). The first-order valence-corrected chi connectivity index (χ1v) is 8.88. The molecule has 1 aliphatic rings. The summed E-state index contributed by atoms with van der Waals surface area (Å²) in [5, 5.41) is 3.06. The van der Waals surface area contributed by atoms with Crippen LogP contribution in [-0.2, 0) is 14.8 Å². The molecule has 1 aromatic heterocycles. The monoisotopic (exact) mass is 313 g/mol. The molecule has 0 bridgehead atoms. The normalized spacial score (nSPS) is 16.8. The van der Waals surface area contributed by atoms with Crippen molar-refractivity contribution in [1.29, 1.82) is 0 Å². The summed E-state index contributed by atoms with van der Waals surface area (Å²) in [6.45, 7) is 4.59. The average molecular weight is 313 g/mol. The van der Waals surface area contributed by atoms with Gasteiger partial charge in [0.15, 0.2) is 0 Å². The van der Waals surface area contributed by atoms with Gasteiger partial charge in [0.1, 0.15) is 10.7 Å². The Balaban J connectivity index is 2.04. The number of rotatable bonds is 7. The summed E-state index contributed by atoms with van der Waals surface area (Å²) in [6.07, 6.45) is 4.30. The maximum absolute atomic E-state index is 12.4. The van der Waals surface area contributed by atoms with E-state index >= 15 is 0 Å². The van der Waals surface area contributed by atoms with E-state index < -0.39 is 10.0 Å². The molecule has 0 unspecified atom stereocenters. The number of aromatic nitrogens is 1. The third kappa shape index (κ3) is 4.66. The number of sulfonamides is 1. The molecule has 0 atom stereocenters. The number of ether oxygens (including phenoxy) is 1. The molecule has 1 saturated heterocycles. The maximum atomic E-state index is 12.4. The van der Waals surface area contributed by atoms with E-state index in [9.17, 15) is 8.42 Å². The topological polar surface area (TPSA) is 80.3 Å². The summed E-state index contributed by atoms with van der Waals surface area (Å²) in [5.74, 6) is 0.760. The molecule has 21 heavy (non-hydrogen) atoms. The van der Waals surface area contributed by atoms with E-state index in [2.05, 4.69) is 15.0 Å². The Morgan fingerprint density at radius 2 is 2.14 bits per heavy atom. The molecule has 0 amide bonds. The second-order valence-electron chi connectivity index (χ2n) is 5.18. The Morgan fingerprint density at radius 3 is 2.86 bits per heavy atom. The van der Waals surface area contributed by atoms with E-state index in [-0.39, 0.29) is 4.90 Å². The highest BCUT2D eigenvalue weighted by atomic mass is 32.2. The Morgan fingerprint density at radius 1 is 1.38 bits per heavy atom. The van der Waals surface area contributed by atoms with Crippen molar-refractivity contribution in [3.05, 3.63) is 18.3 Å². The highest BCUT2D eigenvalue weighted by Gasteiger charge is 2.21. The van der Waals surface area contributed by atoms with E-state index in [0.717, 1.165) is 19.3 Å². The van der Waals surface area contributed by atoms with Gasteiger partial charge in [0.2, 0.25) is 10.0 Å². The molecule has 0 radical (unpaired) electrons. The SMILES string of the molecule is CCCNc1ncccc1S(=O)(=O)NCC1CCOCC1. The summed E-state index contributed by atoms with van der Waals surface area (Å²) in [5.41, 5.74) is 0. The van der Waals surface area contributed by atoms with Crippen LogP contribution in [0, 0.1) is 5.92 Å². The van der Waals surface area contributed by atoms with Crippen LogP contribution in [0.4, 0.5) is 5.82 Å². The smallest absolute Gasteiger partial charge is 0.244 e. The predicted octanol–water partition coefficient (Wildman–Crippen LogP) is 1.61. The van der Waals surface area contributed by atoms with Gasteiger partial charge in [-0.25, -0.2) is 18.1 Å². The van der Waals surface area contributed by atoms with Crippen LogP contribution in [0.25, 0.3) is 0 Å². The highest BCUT2D eigenvalue weighted by Crippen LogP contribution is 2.19. The summed E-state index contributed by atoms with van der Waals surface area (Å²) in [6, 6.07) is 3.22. The number of hydrogen-bond acceptors (Lipinski definition) is 5. The van der Waals surface area contributed by atoms with Crippen molar-refractivity contribution in [3.8, 4) is 0 Å². The van der Waals surface area contributed by atoms with Gasteiger partial charge < -0.3 is 10.1 Å². The summed E-state index contributed by atoms with van der Waals surface area (Å²) < 4.78 is 32.9. The van der Waals surface area contributed by atoms with Gasteiger partial charge >= 0.3 is 0 Å². The first-order valence-electron chi connectivity index (χ1n) is 7.40. The number of pyridine rings is 1. The second-order valence-corrected chi connectivity index (χ2v) is 6.92. The van der Waals surface area contributed by atoms with Crippen LogP contribution < -0.4 is 10.0 Å². The minimum Gasteiger partial charge on any atom is -0.381 e. The Kier molecular flexibility index (Phi) is 5.96. The quantitative estimate of drug-likeness (QED) is 0.799. The molecule has 0 aromatic carbocycles. The van der Waals surface area contributed by atoms with E-state index in [4.69, 9.17) is 4.74 Å². The summed E-state index contributed by atoms with van der Waals surface area (Å²) in [4.78, 5) is 4.34. The van der Waals surface area contributed by atoms with E-state index in [1.165, 1.54) is 0 Å². The van der Waals surface area contributed by atoms with Gasteiger partial charge in [-0.15, -0.1) is 0 Å². The van der Waals surface area contributed by atoms with Crippen molar-refractivity contribution in [2.45, 2.75) is 31.1 Å². The van der Waals surface area contributed by atoms with Crippen LogP contribution in [0.15, 0.2) is 23.2 Å². The van der Waals surface area contributed by atoms with Crippen molar-refractivity contribution < 1.29 is 13.2 Å². The Labute approximate surface area is 126 Å². The third-order valence-electron chi connectivity index (χ3n) is 3.51. The van der Waals surface area contributed by atoms with Gasteiger partial charge in [-0.1, -0.05) is 6.92 Å². The van der Waals surface area contributed by atoms with Crippen LogP contribution in [0.2, 0.25) is 0 Å². The third-order valence-corrected chi connectivity index (χ3v) is 4.96. The molecule has 6 nitrogen and oxygen atoms in total. The first-order chi connectivity index (χ1) is 10.1. The van der Waals surface area contributed by atoms with Crippen molar-refractivity contribution in [3.63, 3.8) is 0 Å².